The zero-order valence-corrected chi connectivity index (χ0v) is 15.3. The number of pyridine rings is 1. The molecule has 5 aromatic rings. The van der Waals surface area contributed by atoms with E-state index in [0.29, 0.717) is 35.4 Å². The molecule has 8 heteroatoms. The largest absolute Gasteiger partial charge is 0.470 e. The highest BCUT2D eigenvalue weighted by Crippen LogP contribution is 2.29. The smallest absolute Gasteiger partial charge is 0.240 e. The number of benzene rings is 1. The van der Waals surface area contributed by atoms with Gasteiger partial charge in [0.15, 0.2) is 11.3 Å². The lowest BCUT2D eigenvalue weighted by molar-refractivity contribution is 0.289. The molecule has 0 bridgehead atoms. The zero-order chi connectivity index (χ0) is 19.1. The van der Waals surface area contributed by atoms with Gasteiger partial charge in [-0.2, -0.15) is 4.52 Å². The van der Waals surface area contributed by atoms with Crippen molar-refractivity contribution in [2.45, 2.75) is 20.5 Å². The summed E-state index contributed by atoms with van der Waals surface area (Å²) in [5, 5.41) is 19.0. The van der Waals surface area contributed by atoms with Gasteiger partial charge in [0.05, 0.1) is 5.69 Å². The van der Waals surface area contributed by atoms with E-state index in [1.165, 1.54) is 0 Å². The van der Waals surface area contributed by atoms with Crippen LogP contribution in [0.4, 0.5) is 0 Å². The fourth-order valence-corrected chi connectivity index (χ4v) is 3.11. The Labute approximate surface area is 159 Å². The average Bonchev–Trinajstić information content (AvgIpc) is 3.32. The van der Waals surface area contributed by atoms with Crippen molar-refractivity contribution in [3.05, 3.63) is 65.7 Å². The highest BCUT2D eigenvalue weighted by Gasteiger charge is 2.18. The number of hydrogen-bond donors (Lipinski definition) is 0. The van der Waals surface area contributed by atoms with Crippen molar-refractivity contribution in [1.29, 1.82) is 0 Å². The molecule has 0 fully saturated rings. The summed E-state index contributed by atoms with van der Waals surface area (Å²) in [5.41, 5.74) is 2.98. The van der Waals surface area contributed by atoms with Crippen LogP contribution in [-0.2, 0) is 6.61 Å². The number of aryl methyl sites for hydroxylation is 2. The van der Waals surface area contributed by atoms with Gasteiger partial charge in [0.25, 0.3) is 0 Å². The van der Waals surface area contributed by atoms with E-state index in [4.69, 9.17) is 9.26 Å². The standard InChI is InChI=1S/C20H16N6O2/c1-12-6-5-7-14(21-12)11-27-20-16-9-4-3-8-15(16)18-22-23-19(26(18)24-20)17-10-13(2)28-25-17/h3-10H,11H2,1-2H3. The summed E-state index contributed by atoms with van der Waals surface area (Å²) in [7, 11) is 0. The molecule has 0 saturated carbocycles. The van der Waals surface area contributed by atoms with Crippen LogP contribution in [0.25, 0.3) is 27.9 Å². The van der Waals surface area contributed by atoms with Crippen molar-refractivity contribution < 1.29 is 9.26 Å². The SMILES string of the molecule is Cc1cccc(COc2nn3c(-c4cc(C)on4)nnc3c3ccccc23)n1. The van der Waals surface area contributed by atoms with E-state index in [1.807, 2.05) is 56.3 Å². The summed E-state index contributed by atoms with van der Waals surface area (Å²) >= 11 is 0. The van der Waals surface area contributed by atoms with Crippen LogP contribution in [0.15, 0.2) is 53.1 Å². The van der Waals surface area contributed by atoms with E-state index in [2.05, 4.69) is 25.4 Å². The van der Waals surface area contributed by atoms with Crippen molar-refractivity contribution in [1.82, 2.24) is 30.0 Å². The van der Waals surface area contributed by atoms with E-state index in [1.54, 1.807) is 10.6 Å². The molecule has 138 valence electrons. The Morgan fingerprint density at radius 2 is 1.86 bits per heavy atom. The van der Waals surface area contributed by atoms with Crippen LogP contribution < -0.4 is 4.74 Å². The molecule has 0 atom stereocenters. The number of hydrogen-bond acceptors (Lipinski definition) is 7. The Bertz CT molecular complexity index is 1310. The molecule has 0 aliphatic rings. The summed E-state index contributed by atoms with van der Waals surface area (Å²) in [4.78, 5) is 4.48. The van der Waals surface area contributed by atoms with Crippen LogP contribution in [0, 0.1) is 13.8 Å². The first-order valence-electron chi connectivity index (χ1n) is 8.82. The molecule has 0 unspecified atom stereocenters. The van der Waals surface area contributed by atoms with Crippen molar-refractivity contribution in [2.24, 2.45) is 0 Å². The number of aromatic nitrogens is 6. The molecule has 0 spiro atoms. The van der Waals surface area contributed by atoms with Crippen LogP contribution in [0.1, 0.15) is 17.1 Å². The van der Waals surface area contributed by atoms with Gasteiger partial charge in [0.2, 0.25) is 11.7 Å². The molecule has 0 amide bonds. The maximum absolute atomic E-state index is 6.04. The topological polar surface area (TPSA) is 91.2 Å². The van der Waals surface area contributed by atoms with E-state index >= 15 is 0 Å². The summed E-state index contributed by atoms with van der Waals surface area (Å²) in [6, 6.07) is 15.4. The second-order valence-electron chi connectivity index (χ2n) is 6.49. The Kier molecular flexibility index (Phi) is 3.75. The fraction of sp³-hybridized carbons (Fsp3) is 0.150. The first-order valence-corrected chi connectivity index (χ1v) is 8.82. The number of ether oxygens (including phenoxy) is 1. The van der Waals surface area contributed by atoms with Gasteiger partial charge in [-0.05, 0) is 32.0 Å². The van der Waals surface area contributed by atoms with Crippen molar-refractivity contribution in [2.75, 3.05) is 0 Å². The normalized spacial score (nSPS) is 11.4. The fourth-order valence-electron chi connectivity index (χ4n) is 3.11. The minimum absolute atomic E-state index is 0.310. The van der Waals surface area contributed by atoms with Crippen LogP contribution in [0.5, 0.6) is 5.88 Å². The van der Waals surface area contributed by atoms with Crippen molar-refractivity contribution >= 4 is 16.4 Å². The van der Waals surface area contributed by atoms with Gasteiger partial charge >= 0.3 is 0 Å². The highest BCUT2D eigenvalue weighted by atomic mass is 16.5. The Morgan fingerprint density at radius 3 is 2.64 bits per heavy atom. The summed E-state index contributed by atoms with van der Waals surface area (Å²) < 4.78 is 12.9. The van der Waals surface area contributed by atoms with Gasteiger partial charge in [-0.15, -0.1) is 15.3 Å². The van der Waals surface area contributed by atoms with Gasteiger partial charge in [-0.1, -0.05) is 29.4 Å². The van der Waals surface area contributed by atoms with E-state index in [-0.39, 0.29) is 0 Å². The molecule has 5 rings (SSSR count). The third-order valence-electron chi connectivity index (χ3n) is 4.39. The lowest BCUT2D eigenvalue weighted by atomic mass is 10.2. The molecule has 0 saturated heterocycles. The van der Waals surface area contributed by atoms with E-state index < -0.39 is 0 Å². The minimum Gasteiger partial charge on any atom is -0.470 e. The van der Waals surface area contributed by atoms with Crippen LogP contribution in [0.3, 0.4) is 0 Å². The Morgan fingerprint density at radius 1 is 1.00 bits per heavy atom. The molecule has 8 nitrogen and oxygen atoms in total. The summed E-state index contributed by atoms with van der Waals surface area (Å²) in [5.74, 6) is 1.67. The van der Waals surface area contributed by atoms with Crippen LogP contribution in [0.2, 0.25) is 0 Å². The minimum atomic E-state index is 0.310. The molecule has 0 radical (unpaired) electrons. The second kappa shape index (κ2) is 6.41. The first kappa shape index (κ1) is 16.4. The lowest BCUT2D eigenvalue weighted by Gasteiger charge is -2.09. The van der Waals surface area contributed by atoms with Crippen LogP contribution >= 0.6 is 0 Å². The molecule has 0 aliphatic carbocycles. The lowest BCUT2D eigenvalue weighted by Crippen LogP contribution is -2.04. The van der Waals surface area contributed by atoms with Crippen LogP contribution in [-0.4, -0.2) is 30.0 Å². The molecule has 0 aliphatic heterocycles. The first-order chi connectivity index (χ1) is 13.7. The molecule has 1 aromatic carbocycles. The Hall–Kier alpha value is -3.81. The predicted molar refractivity (Wildman–Crippen MR) is 102 cm³/mol. The van der Waals surface area contributed by atoms with Gasteiger partial charge < -0.3 is 9.26 Å². The number of nitrogens with zero attached hydrogens (tertiary/aromatic N) is 6. The van der Waals surface area contributed by atoms with Gasteiger partial charge in [0, 0.05) is 22.5 Å². The zero-order valence-electron chi connectivity index (χ0n) is 15.3. The molecule has 4 aromatic heterocycles. The third kappa shape index (κ3) is 2.75. The summed E-state index contributed by atoms with van der Waals surface area (Å²) in [6.07, 6.45) is 0. The average molecular weight is 372 g/mol. The van der Waals surface area contributed by atoms with Crippen molar-refractivity contribution in [3.63, 3.8) is 0 Å². The molecular weight excluding hydrogens is 356 g/mol. The second-order valence-corrected chi connectivity index (χ2v) is 6.49. The molecule has 28 heavy (non-hydrogen) atoms. The number of rotatable bonds is 4. The quantitative estimate of drug-likeness (QED) is 0.476. The maximum Gasteiger partial charge on any atom is 0.240 e. The van der Waals surface area contributed by atoms with Crippen molar-refractivity contribution in [3.8, 4) is 17.4 Å². The van der Waals surface area contributed by atoms with E-state index in [0.717, 1.165) is 22.2 Å². The molecule has 0 N–H and O–H groups in total. The van der Waals surface area contributed by atoms with Gasteiger partial charge in [-0.3, -0.25) is 4.98 Å². The summed E-state index contributed by atoms with van der Waals surface area (Å²) in [6.45, 7) is 4.09. The maximum atomic E-state index is 6.04. The molecular formula is C20H16N6O2. The molecule has 4 heterocycles. The Balaban J connectivity index is 1.64. The monoisotopic (exact) mass is 372 g/mol. The predicted octanol–water partition coefficient (Wildman–Crippen LogP) is 3.52. The van der Waals surface area contributed by atoms with Gasteiger partial charge in [0.1, 0.15) is 12.4 Å². The van der Waals surface area contributed by atoms with Gasteiger partial charge in [-0.25, -0.2) is 0 Å². The van der Waals surface area contributed by atoms with E-state index in [9.17, 15) is 0 Å². The number of fused-ring (bicyclic) bond motifs is 3. The third-order valence-corrected chi connectivity index (χ3v) is 4.39. The highest BCUT2D eigenvalue weighted by molar-refractivity contribution is 5.96.